The summed E-state index contributed by atoms with van der Waals surface area (Å²) in [6.45, 7) is 5.54. The number of carboxylic acids is 1. The fourth-order valence-corrected chi connectivity index (χ4v) is 5.82. The second kappa shape index (κ2) is 13.7. The first-order valence-corrected chi connectivity index (χ1v) is 14.0. The van der Waals surface area contributed by atoms with E-state index in [1.54, 1.807) is 6.20 Å². The Bertz CT molecular complexity index is 1070. The summed E-state index contributed by atoms with van der Waals surface area (Å²) < 4.78 is 5.67. The number of carboxylic acid groups (broad SMARTS) is 1. The SMILES string of the molecule is CCCCN(CCCCN)C(=O)CN1C[C@H](c2ccc3c(c2)CCO3)C(C(=O)O)[C@@H]1CCc1ccncn1. The number of nitrogens with two attached hydrogens (primary N) is 1. The Hall–Kier alpha value is -3.04. The summed E-state index contributed by atoms with van der Waals surface area (Å²) in [7, 11) is 0. The van der Waals surface area contributed by atoms with Crippen LogP contribution in [-0.4, -0.2) is 82.1 Å². The average Bonchev–Trinajstić information content (AvgIpc) is 3.54. The Morgan fingerprint density at radius 1 is 1.21 bits per heavy atom. The molecule has 4 rings (SSSR count). The van der Waals surface area contributed by atoms with Gasteiger partial charge in [-0.1, -0.05) is 25.5 Å². The number of nitrogens with zero attached hydrogens (tertiary/aromatic N) is 4. The van der Waals surface area contributed by atoms with Crippen molar-refractivity contribution < 1.29 is 19.4 Å². The molecule has 3 heterocycles. The van der Waals surface area contributed by atoms with E-state index in [4.69, 9.17) is 10.5 Å². The summed E-state index contributed by atoms with van der Waals surface area (Å²) in [4.78, 5) is 38.7. The molecule has 0 saturated carbocycles. The van der Waals surface area contributed by atoms with Crippen LogP contribution in [0.15, 0.2) is 36.8 Å². The molecule has 1 fully saturated rings. The quantitative estimate of drug-likeness (QED) is 0.363. The maximum Gasteiger partial charge on any atom is 0.308 e. The highest BCUT2D eigenvalue weighted by Crippen LogP contribution is 2.41. The standard InChI is InChI=1S/C29H41N5O4/c1-2-3-14-33(15-5-4-12-30)27(35)19-34-18-24(21-6-9-26-22(17-21)11-16-38-26)28(29(36)37)25(34)8-7-23-10-13-31-20-32-23/h6,9-10,13,17,20,24-25,28H,2-5,7-8,11-12,14-16,18-19,30H2,1H3,(H,36,37)/t24-,25+,28?/m1/s1. The molecule has 0 aliphatic carbocycles. The predicted molar refractivity (Wildman–Crippen MR) is 145 cm³/mol. The summed E-state index contributed by atoms with van der Waals surface area (Å²) in [5, 5.41) is 10.4. The van der Waals surface area contributed by atoms with Crippen LogP contribution in [0.3, 0.4) is 0 Å². The van der Waals surface area contributed by atoms with Gasteiger partial charge < -0.3 is 20.5 Å². The lowest BCUT2D eigenvalue weighted by Gasteiger charge is -2.29. The van der Waals surface area contributed by atoms with Crippen molar-refractivity contribution >= 4 is 11.9 Å². The number of aryl methyl sites for hydroxylation is 1. The first-order chi connectivity index (χ1) is 18.5. The van der Waals surface area contributed by atoms with Crippen LogP contribution in [0.5, 0.6) is 5.75 Å². The zero-order valence-corrected chi connectivity index (χ0v) is 22.4. The number of aromatic nitrogens is 2. The largest absolute Gasteiger partial charge is 0.493 e. The van der Waals surface area contributed by atoms with Crippen LogP contribution in [0.2, 0.25) is 0 Å². The number of carbonyl (C=O) groups excluding carboxylic acids is 1. The summed E-state index contributed by atoms with van der Waals surface area (Å²) in [5.74, 6) is -0.695. The normalized spacial score (nSPS) is 20.7. The molecule has 1 unspecified atom stereocenters. The van der Waals surface area contributed by atoms with E-state index in [-0.39, 0.29) is 24.4 Å². The molecule has 2 aliphatic heterocycles. The zero-order valence-electron chi connectivity index (χ0n) is 22.4. The number of aliphatic carboxylic acids is 1. The number of hydrogen-bond acceptors (Lipinski definition) is 7. The lowest BCUT2D eigenvalue weighted by molar-refractivity contribution is -0.143. The van der Waals surface area contributed by atoms with Crippen molar-refractivity contribution in [2.45, 2.75) is 63.8 Å². The van der Waals surface area contributed by atoms with Gasteiger partial charge in [0, 0.05) is 49.9 Å². The van der Waals surface area contributed by atoms with Crippen LogP contribution >= 0.6 is 0 Å². The third-order valence-electron chi connectivity index (χ3n) is 7.87. The molecular formula is C29H41N5O4. The van der Waals surface area contributed by atoms with E-state index in [2.05, 4.69) is 27.9 Å². The van der Waals surface area contributed by atoms with Crippen LogP contribution in [0, 0.1) is 5.92 Å². The molecule has 0 bridgehead atoms. The lowest BCUT2D eigenvalue weighted by Crippen LogP contribution is -2.45. The number of ether oxygens (including phenoxy) is 1. The third kappa shape index (κ3) is 6.88. The number of hydrogen-bond donors (Lipinski definition) is 2. The minimum absolute atomic E-state index is 0.0645. The molecule has 2 aliphatic rings. The van der Waals surface area contributed by atoms with Gasteiger partial charge in [0.15, 0.2) is 0 Å². The lowest BCUT2D eigenvalue weighted by atomic mass is 9.83. The average molecular weight is 524 g/mol. The van der Waals surface area contributed by atoms with E-state index in [1.165, 1.54) is 6.33 Å². The van der Waals surface area contributed by atoms with Gasteiger partial charge in [0.1, 0.15) is 12.1 Å². The number of likely N-dealkylation sites (tertiary alicyclic amines) is 1. The number of rotatable bonds is 14. The minimum atomic E-state index is -0.819. The summed E-state index contributed by atoms with van der Waals surface area (Å²) in [5.41, 5.74) is 8.70. The van der Waals surface area contributed by atoms with Gasteiger partial charge in [0.05, 0.1) is 19.1 Å². The fraction of sp³-hybridized carbons (Fsp3) is 0.586. The van der Waals surface area contributed by atoms with Gasteiger partial charge in [-0.2, -0.15) is 0 Å². The number of fused-ring (bicyclic) bond motifs is 1. The smallest absolute Gasteiger partial charge is 0.308 e. The summed E-state index contributed by atoms with van der Waals surface area (Å²) >= 11 is 0. The van der Waals surface area contributed by atoms with Gasteiger partial charge in [-0.15, -0.1) is 0 Å². The number of carbonyl (C=O) groups is 2. The molecular weight excluding hydrogens is 482 g/mol. The monoisotopic (exact) mass is 523 g/mol. The van der Waals surface area contributed by atoms with Gasteiger partial charge in [-0.05, 0) is 61.9 Å². The van der Waals surface area contributed by atoms with Crippen molar-refractivity contribution in [3.8, 4) is 5.75 Å². The number of unbranched alkanes of at least 4 members (excludes halogenated alkanes) is 2. The van der Waals surface area contributed by atoms with Gasteiger partial charge >= 0.3 is 5.97 Å². The van der Waals surface area contributed by atoms with E-state index in [0.717, 1.165) is 61.2 Å². The van der Waals surface area contributed by atoms with Crippen LogP contribution < -0.4 is 10.5 Å². The van der Waals surface area contributed by atoms with Crippen LogP contribution in [0.1, 0.15) is 61.8 Å². The molecule has 1 aromatic heterocycles. The van der Waals surface area contributed by atoms with Crippen molar-refractivity contribution in [2.24, 2.45) is 11.7 Å². The maximum atomic E-state index is 13.6. The van der Waals surface area contributed by atoms with Gasteiger partial charge in [-0.3, -0.25) is 14.5 Å². The topological polar surface area (TPSA) is 122 Å². The van der Waals surface area contributed by atoms with E-state index >= 15 is 0 Å². The van der Waals surface area contributed by atoms with Crippen LogP contribution in [-0.2, 0) is 22.4 Å². The molecule has 9 heteroatoms. The van der Waals surface area contributed by atoms with Crippen molar-refractivity contribution in [3.05, 3.63) is 53.6 Å². The molecule has 38 heavy (non-hydrogen) atoms. The van der Waals surface area contributed by atoms with E-state index in [0.29, 0.717) is 39.1 Å². The summed E-state index contributed by atoms with van der Waals surface area (Å²) in [6, 6.07) is 7.65. The molecule has 0 spiro atoms. The van der Waals surface area contributed by atoms with Gasteiger partial charge in [0.2, 0.25) is 5.91 Å². The molecule has 9 nitrogen and oxygen atoms in total. The van der Waals surface area contributed by atoms with E-state index in [9.17, 15) is 14.7 Å². The van der Waals surface area contributed by atoms with E-state index < -0.39 is 11.9 Å². The van der Waals surface area contributed by atoms with Crippen LogP contribution in [0.25, 0.3) is 0 Å². The first kappa shape index (κ1) is 28.0. The highest BCUT2D eigenvalue weighted by molar-refractivity contribution is 5.79. The Kier molecular flexibility index (Phi) is 10.1. The Morgan fingerprint density at radius 3 is 2.79 bits per heavy atom. The van der Waals surface area contributed by atoms with Crippen molar-refractivity contribution in [2.75, 3.05) is 39.3 Å². The van der Waals surface area contributed by atoms with Crippen molar-refractivity contribution in [1.29, 1.82) is 0 Å². The second-order valence-corrected chi connectivity index (χ2v) is 10.4. The maximum absolute atomic E-state index is 13.6. The van der Waals surface area contributed by atoms with Gasteiger partial charge in [-0.25, -0.2) is 9.97 Å². The number of benzene rings is 1. The van der Waals surface area contributed by atoms with Crippen molar-refractivity contribution in [3.63, 3.8) is 0 Å². The Balaban J connectivity index is 1.57. The van der Waals surface area contributed by atoms with Crippen LogP contribution in [0.4, 0.5) is 0 Å². The first-order valence-electron chi connectivity index (χ1n) is 14.0. The highest BCUT2D eigenvalue weighted by Gasteiger charge is 2.47. The molecule has 206 valence electrons. The van der Waals surface area contributed by atoms with Crippen molar-refractivity contribution in [1.82, 2.24) is 19.8 Å². The van der Waals surface area contributed by atoms with E-state index in [1.807, 2.05) is 23.1 Å². The Morgan fingerprint density at radius 2 is 2.05 bits per heavy atom. The number of amides is 1. The molecule has 1 aromatic carbocycles. The fourth-order valence-electron chi connectivity index (χ4n) is 5.82. The summed E-state index contributed by atoms with van der Waals surface area (Å²) in [6.07, 6.45) is 9.00. The Labute approximate surface area is 225 Å². The highest BCUT2D eigenvalue weighted by atomic mass is 16.5. The third-order valence-corrected chi connectivity index (χ3v) is 7.87. The molecule has 3 N–H and O–H groups in total. The molecule has 1 saturated heterocycles. The molecule has 1 amide bonds. The molecule has 0 radical (unpaired) electrons. The molecule has 3 atom stereocenters. The predicted octanol–water partition coefficient (Wildman–Crippen LogP) is 2.88. The van der Waals surface area contributed by atoms with Gasteiger partial charge in [0.25, 0.3) is 0 Å². The second-order valence-electron chi connectivity index (χ2n) is 10.4. The minimum Gasteiger partial charge on any atom is -0.493 e. The molecule has 2 aromatic rings. The zero-order chi connectivity index (χ0) is 26.9.